The number of aryl methyl sites for hydroxylation is 1. The van der Waals surface area contributed by atoms with E-state index in [1.807, 2.05) is 42.3 Å². The van der Waals surface area contributed by atoms with Crippen LogP contribution in [0.2, 0.25) is 0 Å². The lowest BCUT2D eigenvalue weighted by atomic mass is 9.80. The molecule has 0 spiro atoms. The Morgan fingerprint density at radius 1 is 1.35 bits per heavy atom. The maximum atomic E-state index is 13.0. The number of nitrogens with one attached hydrogen (secondary N) is 1. The fourth-order valence-corrected chi connectivity index (χ4v) is 4.23. The fourth-order valence-electron chi connectivity index (χ4n) is 4.23. The highest BCUT2D eigenvalue weighted by atomic mass is 16.5. The van der Waals surface area contributed by atoms with Crippen molar-refractivity contribution in [2.75, 3.05) is 32.8 Å². The molecule has 1 amide bonds. The third kappa shape index (κ3) is 3.39. The molecule has 2 atom stereocenters. The minimum atomic E-state index is -0.404. The summed E-state index contributed by atoms with van der Waals surface area (Å²) in [6.07, 6.45) is 4.79. The highest BCUT2D eigenvalue weighted by Gasteiger charge is 2.55. The second-order valence-corrected chi connectivity index (χ2v) is 7.55. The van der Waals surface area contributed by atoms with Crippen LogP contribution in [0.15, 0.2) is 42.7 Å². The number of carbonyl (C=O) groups is 1. The highest BCUT2D eigenvalue weighted by Crippen LogP contribution is 2.42. The Labute approximate surface area is 154 Å². The molecule has 2 saturated heterocycles. The maximum Gasteiger partial charge on any atom is 0.230 e. The molecule has 1 aromatic heterocycles. The van der Waals surface area contributed by atoms with Crippen LogP contribution in [-0.2, 0) is 29.5 Å². The van der Waals surface area contributed by atoms with Crippen molar-refractivity contribution in [3.8, 4) is 0 Å². The van der Waals surface area contributed by atoms with Crippen molar-refractivity contribution in [2.24, 2.45) is 18.4 Å². The lowest BCUT2D eigenvalue weighted by molar-refractivity contribution is -0.131. The predicted molar refractivity (Wildman–Crippen MR) is 98.4 cm³/mol. The zero-order valence-corrected chi connectivity index (χ0v) is 15.2. The molecular formula is C20H26N4O2. The van der Waals surface area contributed by atoms with E-state index in [1.165, 1.54) is 11.1 Å². The topological polar surface area (TPSA) is 59.4 Å². The monoisotopic (exact) mass is 354 g/mol. The van der Waals surface area contributed by atoms with Crippen molar-refractivity contribution in [2.45, 2.75) is 13.0 Å². The van der Waals surface area contributed by atoms with E-state index in [0.29, 0.717) is 19.8 Å². The van der Waals surface area contributed by atoms with E-state index in [1.54, 1.807) is 0 Å². The Balaban J connectivity index is 1.36. The van der Waals surface area contributed by atoms with Crippen molar-refractivity contribution < 1.29 is 9.53 Å². The molecule has 0 saturated carbocycles. The number of ether oxygens (including phenoxy) is 1. The number of hydrogen-bond acceptors (Lipinski definition) is 4. The lowest BCUT2D eigenvalue weighted by Crippen LogP contribution is -2.47. The summed E-state index contributed by atoms with van der Waals surface area (Å²) in [4.78, 5) is 15.4. The number of aromatic nitrogens is 2. The zero-order chi connectivity index (χ0) is 18.0. The van der Waals surface area contributed by atoms with Crippen LogP contribution in [0.5, 0.6) is 0 Å². The number of amides is 1. The van der Waals surface area contributed by atoms with Crippen molar-refractivity contribution in [3.63, 3.8) is 0 Å². The van der Waals surface area contributed by atoms with Crippen LogP contribution in [0.25, 0.3) is 0 Å². The molecule has 6 heteroatoms. The number of hydrogen-bond donors (Lipinski definition) is 1. The molecular weight excluding hydrogens is 328 g/mol. The quantitative estimate of drug-likeness (QED) is 0.848. The second kappa shape index (κ2) is 7.21. The normalized spacial score (nSPS) is 25.3. The van der Waals surface area contributed by atoms with Gasteiger partial charge in [0.15, 0.2) is 0 Å². The summed E-state index contributed by atoms with van der Waals surface area (Å²) in [5.74, 6) is 0.417. The molecule has 1 aromatic carbocycles. The number of nitrogens with zero attached hydrogens (tertiary/aromatic N) is 3. The van der Waals surface area contributed by atoms with Gasteiger partial charge in [0.25, 0.3) is 0 Å². The summed E-state index contributed by atoms with van der Waals surface area (Å²) in [5.41, 5.74) is 2.03. The smallest absolute Gasteiger partial charge is 0.230 e. The number of rotatable bonds is 6. The molecule has 2 fully saturated rings. The summed E-state index contributed by atoms with van der Waals surface area (Å²) in [5, 5.41) is 7.40. The average molecular weight is 354 g/mol. The van der Waals surface area contributed by atoms with Gasteiger partial charge in [-0.3, -0.25) is 14.4 Å². The Bertz CT molecular complexity index is 760. The van der Waals surface area contributed by atoms with Gasteiger partial charge in [-0.1, -0.05) is 30.3 Å². The SMILES string of the molecule is Cn1cc(CN2C[C@H]3COC[C@@]3(C(=O)NCCc3ccccc3)C2)cn1. The van der Waals surface area contributed by atoms with Gasteiger partial charge in [0.1, 0.15) is 0 Å². The molecule has 2 aliphatic heterocycles. The Kier molecular flexibility index (Phi) is 4.78. The van der Waals surface area contributed by atoms with Gasteiger partial charge in [-0.2, -0.15) is 5.10 Å². The first-order valence-corrected chi connectivity index (χ1v) is 9.25. The number of carbonyl (C=O) groups excluding carboxylic acids is 1. The molecule has 0 bridgehead atoms. The van der Waals surface area contributed by atoms with Gasteiger partial charge in [-0.05, 0) is 12.0 Å². The molecule has 3 heterocycles. The van der Waals surface area contributed by atoms with E-state index >= 15 is 0 Å². The Morgan fingerprint density at radius 3 is 2.96 bits per heavy atom. The van der Waals surface area contributed by atoms with Crippen molar-refractivity contribution in [1.29, 1.82) is 0 Å². The largest absolute Gasteiger partial charge is 0.380 e. The van der Waals surface area contributed by atoms with Crippen molar-refractivity contribution in [3.05, 3.63) is 53.9 Å². The summed E-state index contributed by atoms with van der Waals surface area (Å²) in [6, 6.07) is 10.3. The first kappa shape index (κ1) is 17.2. The number of benzene rings is 1. The van der Waals surface area contributed by atoms with Crippen molar-refractivity contribution in [1.82, 2.24) is 20.0 Å². The van der Waals surface area contributed by atoms with Crippen LogP contribution >= 0.6 is 0 Å². The van der Waals surface area contributed by atoms with E-state index in [2.05, 4.69) is 27.4 Å². The predicted octanol–water partition coefficient (Wildman–Crippen LogP) is 1.23. The molecule has 0 unspecified atom stereocenters. The van der Waals surface area contributed by atoms with Gasteiger partial charge in [0.2, 0.25) is 5.91 Å². The van der Waals surface area contributed by atoms with Gasteiger partial charge >= 0.3 is 0 Å². The van der Waals surface area contributed by atoms with E-state index < -0.39 is 5.41 Å². The molecule has 138 valence electrons. The van der Waals surface area contributed by atoms with Gasteiger partial charge in [0, 0.05) is 50.9 Å². The van der Waals surface area contributed by atoms with Gasteiger partial charge in [-0.25, -0.2) is 0 Å². The average Bonchev–Trinajstić information content (AvgIpc) is 3.30. The summed E-state index contributed by atoms with van der Waals surface area (Å²) in [7, 11) is 1.93. The minimum absolute atomic E-state index is 0.143. The molecule has 0 radical (unpaired) electrons. The summed E-state index contributed by atoms with van der Waals surface area (Å²) in [6.45, 7) is 4.36. The van der Waals surface area contributed by atoms with E-state index in [9.17, 15) is 4.79 Å². The number of likely N-dealkylation sites (tertiary alicyclic amines) is 1. The molecule has 2 aliphatic rings. The third-order valence-electron chi connectivity index (χ3n) is 5.60. The van der Waals surface area contributed by atoms with E-state index in [0.717, 1.165) is 26.1 Å². The van der Waals surface area contributed by atoms with Gasteiger partial charge in [-0.15, -0.1) is 0 Å². The van der Waals surface area contributed by atoms with Crippen LogP contribution in [-0.4, -0.2) is 53.4 Å². The van der Waals surface area contributed by atoms with E-state index in [4.69, 9.17) is 4.74 Å². The number of fused-ring (bicyclic) bond motifs is 1. The van der Waals surface area contributed by atoms with Crippen LogP contribution in [0.3, 0.4) is 0 Å². The van der Waals surface area contributed by atoms with E-state index in [-0.39, 0.29) is 11.8 Å². The molecule has 26 heavy (non-hydrogen) atoms. The third-order valence-corrected chi connectivity index (χ3v) is 5.60. The van der Waals surface area contributed by atoms with Crippen LogP contribution in [0.1, 0.15) is 11.1 Å². The summed E-state index contributed by atoms with van der Waals surface area (Å²) >= 11 is 0. The lowest BCUT2D eigenvalue weighted by Gasteiger charge is -2.26. The second-order valence-electron chi connectivity index (χ2n) is 7.55. The molecule has 4 rings (SSSR count). The maximum absolute atomic E-state index is 13.0. The fraction of sp³-hybridized carbons (Fsp3) is 0.500. The highest BCUT2D eigenvalue weighted by molar-refractivity contribution is 5.84. The zero-order valence-electron chi connectivity index (χ0n) is 15.2. The minimum Gasteiger partial charge on any atom is -0.380 e. The standard InChI is InChI=1S/C20H26N4O2/c1-23-10-17(9-22-23)11-24-12-18-13-26-15-20(18,14-24)19(25)21-8-7-16-5-3-2-4-6-16/h2-6,9-10,18H,7-8,11-15H2,1H3,(H,21,25)/t18-,20-/m0/s1. The first-order valence-electron chi connectivity index (χ1n) is 9.25. The van der Waals surface area contributed by atoms with Crippen LogP contribution in [0, 0.1) is 11.3 Å². The van der Waals surface area contributed by atoms with Gasteiger partial charge < -0.3 is 10.1 Å². The van der Waals surface area contributed by atoms with Crippen LogP contribution < -0.4 is 5.32 Å². The Hall–Kier alpha value is -2.18. The summed E-state index contributed by atoms with van der Waals surface area (Å²) < 4.78 is 7.52. The Morgan fingerprint density at radius 2 is 2.19 bits per heavy atom. The molecule has 6 nitrogen and oxygen atoms in total. The molecule has 2 aromatic rings. The van der Waals surface area contributed by atoms with Crippen LogP contribution in [0.4, 0.5) is 0 Å². The van der Waals surface area contributed by atoms with Crippen molar-refractivity contribution >= 4 is 5.91 Å². The van der Waals surface area contributed by atoms with Gasteiger partial charge in [0.05, 0.1) is 24.8 Å². The molecule has 1 N–H and O–H groups in total. The molecule has 0 aliphatic carbocycles. The first-order chi connectivity index (χ1) is 12.7.